The fourth-order valence-corrected chi connectivity index (χ4v) is 1.95. The summed E-state index contributed by atoms with van der Waals surface area (Å²) in [5, 5.41) is -1.18. The lowest BCUT2D eigenvalue weighted by molar-refractivity contribution is -0.115. The Morgan fingerprint density at radius 2 is 1.82 bits per heavy atom. The highest BCUT2D eigenvalue weighted by atomic mass is 35.5. The van der Waals surface area contributed by atoms with Crippen LogP contribution in [0.2, 0.25) is 0 Å². The molecule has 1 aliphatic carbocycles. The van der Waals surface area contributed by atoms with Gasteiger partial charge in [0.1, 0.15) is 11.1 Å². The summed E-state index contributed by atoms with van der Waals surface area (Å²) in [5.74, 6) is -1.41. The van der Waals surface area contributed by atoms with Gasteiger partial charge in [-0.05, 0) is 0 Å². The van der Waals surface area contributed by atoms with E-state index in [9.17, 15) is 14.4 Å². The maximum atomic E-state index is 12.0. The zero-order chi connectivity index (χ0) is 12.6. The number of fused-ring (bicyclic) bond motifs is 1. The largest absolute Gasteiger partial charge is 0.292 e. The average molecular weight is 250 g/mol. The number of hydrogen-bond donors (Lipinski definition) is 0. The van der Waals surface area contributed by atoms with Crippen molar-refractivity contribution in [2.75, 3.05) is 0 Å². The lowest BCUT2D eigenvalue weighted by Crippen LogP contribution is -2.38. The van der Waals surface area contributed by atoms with Crippen molar-refractivity contribution in [1.29, 1.82) is 0 Å². The van der Waals surface area contributed by atoms with E-state index in [2.05, 4.69) is 4.99 Å². The Balaban J connectivity index is 2.63. The van der Waals surface area contributed by atoms with Gasteiger partial charge in [-0.15, -0.1) is 11.6 Å². The van der Waals surface area contributed by atoms with Gasteiger partial charge in [0.2, 0.25) is 11.7 Å². The van der Waals surface area contributed by atoms with E-state index < -0.39 is 22.9 Å². The van der Waals surface area contributed by atoms with Crippen molar-refractivity contribution in [3.63, 3.8) is 0 Å². The van der Waals surface area contributed by atoms with Gasteiger partial charge < -0.3 is 0 Å². The van der Waals surface area contributed by atoms with E-state index in [-0.39, 0.29) is 16.8 Å². The van der Waals surface area contributed by atoms with Gasteiger partial charge in [-0.3, -0.25) is 14.4 Å². The molecule has 2 rings (SSSR count). The second-order valence-corrected chi connectivity index (χ2v) is 4.05. The molecule has 1 amide bonds. The van der Waals surface area contributed by atoms with Crippen LogP contribution in [0.15, 0.2) is 29.3 Å². The van der Waals surface area contributed by atoms with Gasteiger partial charge in [-0.1, -0.05) is 24.3 Å². The molecule has 5 heteroatoms. The molecule has 0 saturated heterocycles. The number of hydrogen-bond acceptors (Lipinski definition) is 3. The number of benzene rings is 1. The molecule has 0 aliphatic heterocycles. The standard InChI is InChI=1S/C12H8ClNO3/c1-6(15)14-10-9(13)11(16)7-4-2-3-5-8(7)12(10)17/h2-5,9H,1H3. The second-order valence-electron chi connectivity index (χ2n) is 3.62. The smallest absolute Gasteiger partial charge is 0.242 e. The molecule has 0 N–H and O–H groups in total. The Hall–Kier alpha value is -1.81. The topological polar surface area (TPSA) is 63.6 Å². The summed E-state index contributed by atoms with van der Waals surface area (Å²) in [6.45, 7) is 1.20. The number of nitrogens with zero attached hydrogens (tertiary/aromatic N) is 1. The van der Waals surface area contributed by atoms with E-state index in [4.69, 9.17) is 11.6 Å². The zero-order valence-electron chi connectivity index (χ0n) is 8.94. The number of amides is 1. The van der Waals surface area contributed by atoms with Gasteiger partial charge in [0.25, 0.3) is 0 Å². The van der Waals surface area contributed by atoms with Crippen LogP contribution in [0.4, 0.5) is 0 Å². The molecule has 86 valence electrons. The van der Waals surface area contributed by atoms with Crippen molar-refractivity contribution in [2.24, 2.45) is 4.99 Å². The van der Waals surface area contributed by atoms with Gasteiger partial charge in [-0.2, -0.15) is 0 Å². The number of carbonyl (C=O) groups is 3. The average Bonchev–Trinajstić information content (AvgIpc) is 2.31. The van der Waals surface area contributed by atoms with Gasteiger partial charge in [0.05, 0.1) is 0 Å². The number of alkyl halides is 1. The first kappa shape index (κ1) is 11.7. The summed E-state index contributed by atoms with van der Waals surface area (Å²) in [6, 6.07) is 6.36. The Kier molecular flexibility index (Phi) is 2.90. The van der Waals surface area contributed by atoms with Gasteiger partial charge in [0, 0.05) is 18.1 Å². The fraction of sp³-hybridized carbons (Fsp3) is 0.167. The first-order valence-electron chi connectivity index (χ1n) is 4.93. The summed E-state index contributed by atoms with van der Waals surface area (Å²) >= 11 is 5.85. The zero-order valence-corrected chi connectivity index (χ0v) is 9.69. The highest BCUT2D eigenvalue weighted by Gasteiger charge is 2.37. The van der Waals surface area contributed by atoms with Gasteiger partial charge in [-0.25, -0.2) is 4.99 Å². The van der Waals surface area contributed by atoms with E-state index in [0.717, 1.165) is 0 Å². The molecule has 0 bridgehead atoms. The van der Waals surface area contributed by atoms with E-state index in [1.54, 1.807) is 12.1 Å². The Morgan fingerprint density at radius 1 is 1.24 bits per heavy atom. The van der Waals surface area contributed by atoms with Crippen molar-refractivity contribution in [2.45, 2.75) is 12.3 Å². The van der Waals surface area contributed by atoms with Crippen LogP contribution in [0, 0.1) is 0 Å². The van der Waals surface area contributed by atoms with E-state index in [1.165, 1.54) is 19.1 Å². The van der Waals surface area contributed by atoms with Crippen LogP contribution >= 0.6 is 11.6 Å². The first-order valence-corrected chi connectivity index (χ1v) is 5.37. The Bertz CT molecular complexity index is 563. The van der Waals surface area contributed by atoms with Crippen molar-refractivity contribution < 1.29 is 14.4 Å². The second kappa shape index (κ2) is 4.22. The van der Waals surface area contributed by atoms with Crippen LogP contribution in [-0.2, 0) is 4.79 Å². The minimum Gasteiger partial charge on any atom is -0.292 e. The SMILES string of the molecule is CC(=O)N=C1C(=O)c2ccccc2C(=O)C1Cl. The maximum Gasteiger partial charge on any atom is 0.242 e. The van der Waals surface area contributed by atoms with Crippen LogP contribution in [-0.4, -0.2) is 28.6 Å². The molecular weight excluding hydrogens is 242 g/mol. The molecule has 1 aliphatic rings. The van der Waals surface area contributed by atoms with Crippen molar-refractivity contribution in [3.05, 3.63) is 35.4 Å². The predicted octanol–water partition coefficient (Wildman–Crippen LogP) is 1.66. The normalized spacial score (nSPS) is 21.5. The quantitative estimate of drug-likeness (QED) is 0.657. The molecule has 17 heavy (non-hydrogen) atoms. The molecule has 0 aromatic heterocycles. The summed E-state index contributed by atoms with van der Waals surface area (Å²) in [4.78, 5) is 38.3. The number of rotatable bonds is 0. The molecule has 1 aromatic rings. The van der Waals surface area contributed by atoms with Crippen LogP contribution < -0.4 is 0 Å². The summed E-state index contributed by atoms with van der Waals surface area (Å²) in [5.41, 5.74) is 0.331. The molecule has 0 heterocycles. The highest BCUT2D eigenvalue weighted by Crippen LogP contribution is 2.23. The molecule has 0 fully saturated rings. The fourth-order valence-electron chi connectivity index (χ4n) is 1.69. The Morgan fingerprint density at radius 3 is 2.41 bits per heavy atom. The van der Waals surface area contributed by atoms with E-state index in [1.807, 2.05) is 0 Å². The van der Waals surface area contributed by atoms with Crippen LogP contribution in [0.3, 0.4) is 0 Å². The van der Waals surface area contributed by atoms with Gasteiger partial charge in [0.15, 0.2) is 5.78 Å². The molecule has 0 radical (unpaired) electrons. The lowest BCUT2D eigenvalue weighted by Gasteiger charge is -2.19. The highest BCUT2D eigenvalue weighted by molar-refractivity contribution is 6.65. The molecule has 1 atom stereocenters. The number of Topliss-reactive ketones (excluding diaryl/α,β-unsaturated/α-hetero) is 2. The maximum absolute atomic E-state index is 12.0. The molecule has 0 saturated carbocycles. The van der Waals surface area contributed by atoms with E-state index in [0.29, 0.717) is 0 Å². The van der Waals surface area contributed by atoms with Gasteiger partial charge >= 0.3 is 0 Å². The predicted molar refractivity (Wildman–Crippen MR) is 62.9 cm³/mol. The summed E-state index contributed by atoms with van der Waals surface area (Å²) in [6.07, 6.45) is 0. The monoisotopic (exact) mass is 249 g/mol. The number of carbonyl (C=O) groups excluding carboxylic acids is 3. The van der Waals surface area contributed by atoms with Crippen molar-refractivity contribution in [1.82, 2.24) is 0 Å². The van der Waals surface area contributed by atoms with Crippen LogP contribution in [0.1, 0.15) is 27.6 Å². The number of aliphatic imine (C=N–C) groups is 1. The summed E-state index contributed by atoms with van der Waals surface area (Å²) < 4.78 is 0. The number of ketones is 2. The molecule has 1 aromatic carbocycles. The minimum absolute atomic E-state index is 0.192. The first-order chi connectivity index (χ1) is 8.02. The van der Waals surface area contributed by atoms with Crippen LogP contribution in [0.5, 0.6) is 0 Å². The van der Waals surface area contributed by atoms with Crippen LogP contribution in [0.25, 0.3) is 0 Å². The third-order valence-electron chi connectivity index (χ3n) is 2.42. The molecular formula is C12H8ClNO3. The molecule has 1 unspecified atom stereocenters. The van der Waals surface area contributed by atoms with E-state index >= 15 is 0 Å². The van der Waals surface area contributed by atoms with Crippen molar-refractivity contribution >= 4 is 34.8 Å². The lowest BCUT2D eigenvalue weighted by atomic mass is 9.88. The third-order valence-corrected chi connectivity index (χ3v) is 2.82. The third kappa shape index (κ3) is 1.91. The minimum atomic E-state index is -1.18. The number of halogens is 1. The van der Waals surface area contributed by atoms with Crippen molar-refractivity contribution in [3.8, 4) is 0 Å². The molecule has 0 spiro atoms. The summed E-state index contributed by atoms with van der Waals surface area (Å²) in [7, 11) is 0. The Labute approximate surface area is 102 Å². The molecule has 4 nitrogen and oxygen atoms in total.